The second-order valence-corrected chi connectivity index (χ2v) is 12.2. The third-order valence-corrected chi connectivity index (χ3v) is 9.36. The van der Waals surface area contributed by atoms with Crippen molar-refractivity contribution in [3.63, 3.8) is 0 Å². The van der Waals surface area contributed by atoms with Gasteiger partial charge in [0, 0.05) is 51.5 Å². The number of carboxylic acids is 1. The number of methoxy groups -OCH3 is 1. The van der Waals surface area contributed by atoms with Crippen LogP contribution in [-0.4, -0.2) is 66.9 Å². The van der Waals surface area contributed by atoms with E-state index in [0.29, 0.717) is 38.6 Å². The molecule has 230 valence electrons. The Kier molecular flexibility index (Phi) is 10.4. The molecule has 1 N–H and O–H groups in total. The fourth-order valence-electron chi connectivity index (χ4n) is 6.84. The zero-order valence-corrected chi connectivity index (χ0v) is 26.3. The Balaban J connectivity index is 1.31. The van der Waals surface area contributed by atoms with Gasteiger partial charge in [-0.1, -0.05) is 37.3 Å². The summed E-state index contributed by atoms with van der Waals surface area (Å²) in [6.07, 6.45) is 5.67. The number of nitrogens with zero attached hydrogens (tertiary/aromatic N) is 3. The maximum Gasteiger partial charge on any atom is 0.306 e. The van der Waals surface area contributed by atoms with Crippen molar-refractivity contribution < 1.29 is 19.4 Å². The van der Waals surface area contributed by atoms with E-state index in [1.54, 1.807) is 7.11 Å². The zero-order chi connectivity index (χ0) is 30.3. The van der Waals surface area contributed by atoms with Gasteiger partial charge in [-0.3, -0.25) is 9.69 Å². The summed E-state index contributed by atoms with van der Waals surface area (Å²) in [7, 11) is 1.79. The Morgan fingerprint density at radius 3 is 2.53 bits per heavy atom. The van der Waals surface area contributed by atoms with Gasteiger partial charge in [-0.15, -0.1) is 0 Å². The molecule has 0 saturated carbocycles. The van der Waals surface area contributed by atoms with Crippen LogP contribution in [0.3, 0.4) is 0 Å². The van der Waals surface area contributed by atoms with Crippen molar-refractivity contribution in [2.45, 2.75) is 71.9 Å². The van der Waals surface area contributed by atoms with Crippen LogP contribution in [0.1, 0.15) is 60.4 Å². The number of pyridine rings is 1. The van der Waals surface area contributed by atoms with Crippen LogP contribution in [0.2, 0.25) is 0 Å². The lowest BCUT2D eigenvalue weighted by molar-refractivity contribution is -0.142. The van der Waals surface area contributed by atoms with E-state index >= 15 is 0 Å². The number of hydrogen-bond acceptors (Lipinski definition) is 6. The Labute approximate surface area is 256 Å². The summed E-state index contributed by atoms with van der Waals surface area (Å²) in [4.78, 5) is 21.3. The van der Waals surface area contributed by atoms with Crippen LogP contribution in [0, 0.1) is 19.8 Å². The first-order chi connectivity index (χ1) is 20.9. The number of fused-ring (bicyclic) bond motifs is 1. The van der Waals surface area contributed by atoms with E-state index in [0.717, 1.165) is 73.8 Å². The highest BCUT2D eigenvalue weighted by Crippen LogP contribution is 2.34. The zero-order valence-electron chi connectivity index (χ0n) is 26.3. The van der Waals surface area contributed by atoms with Gasteiger partial charge in [0.05, 0.1) is 11.6 Å². The lowest BCUT2D eigenvalue weighted by atomic mass is 9.95. The number of aliphatic carboxylic acids is 1. The number of benzene rings is 2. The Bertz CT molecular complexity index is 1400. The van der Waals surface area contributed by atoms with Crippen LogP contribution in [-0.2, 0) is 29.0 Å². The number of anilines is 1. The molecule has 2 aliphatic heterocycles. The van der Waals surface area contributed by atoms with Gasteiger partial charge in [-0.2, -0.15) is 0 Å². The first kappa shape index (κ1) is 31.0. The van der Waals surface area contributed by atoms with Crippen molar-refractivity contribution in [1.82, 2.24) is 9.88 Å². The molecule has 3 aromatic rings. The molecule has 5 rings (SSSR count). The lowest BCUT2D eigenvalue weighted by Gasteiger charge is -2.31. The van der Waals surface area contributed by atoms with Crippen LogP contribution in [0.25, 0.3) is 11.3 Å². The molecule has 7 nitrogen and oxygen atoms in total. The molecule has 2 aliphatic rings. The fraction of sp³-hybridized carbons (Fsp3) is 0.500. The maximum absolute atomic E-state index is 11.4. The highest BCUT2D eigenvalue weighted by Gasteiger charge is 2.26. The van der Waals surface area contributed by atoms with Gasteiger partial charge < -0.3 is 19.5 Å². The summed E-state index contributed by atoms with van der Waals surface area (Å²) in [6, 6.07) is 17.5. The third-order valence-electron chi connectivity index (χ3n) is 9.36. The van der Waals surface area contributed by atoms with Crippen molar-refractivity contribution in [2.75, 3.05) is 44.8 Å². The molecule has 1 aromatic heterocycles. The molecule has 0 aliphatic carbocycles. The molecule has 7 heteroatoms. The van der Waals surface area contributed by atoms with E-state index in [-0.39, 0.29) is 5.92 Å². The van der Waals surface area contributed by atoms with Crippen LogP contribution in [0.15, 0.2) is 48.5 Å². The van der Waals surface area contributed by atoms with Gasteiger partial charge in [0.2, 0.25) is 0 Å². The third kappa shape index (κ3) is 7.39. The number of para-hydroxylation sites is 1. The number of aromatic nitrogens is 1. The number of ether oxygens (including phenoxy) is 2. The fourth-order valence-corrected chi connectivity index (χ4v) is 6.84. The second-order valence-electron chi connectivity index (χ2n) is 12.2. The summed E-state index contributed by atoms with van der Waals surface area (Å²) < 4.78 is 12.0. The number of hydrogen-bond donors (Lipinski definition) is 1. The minimum absolute atomic E-state index is 0.263. The quantitative estimate of drug-likeness (QED) is 0.277. The molecular weight excluding hydrogens is 538 g/mol. The molecule has 1 unspecified atom stereocenters. The number of piperidine rings is 1. The standard InChI is InChI=1S/C36H47N3O4/c1-5-30(16-21-42-4)38-17-14-29-23-27(22-26(3)31(29)15-20-38)24-43-35-25(2)8-6-9-32(35)33-10-7-11-34(37-33)39-18-12-28(13-19-39)36(40)41/h6-11,22-23,28,30H,5,12-21,24H2,1-4H3,(H,40,41). The van der Waals surface area contributed by atoms with Crippen LogP contribution < -0.4 is 9.64 Å². The van der Waals surface area contributed by atoms with E-state index in [2.05, 4.69) is 60.9 Å². The normalized spacial score (nSPS) is 16.9. The number of rotatable bonds is 11. The summed E-state index contributed by atoms with van der Waals surface area (Å²) >= 11 is 0. The average Bonchev–Trinajstić information content (AvgIpc) is 3.24. The highest BCUT2D eigenvalue weighted by atomic mass is 16.5. The molecule has 1 fully saturated rings. The van der Waals surface area contributed by atoms with Crippen molar-refractivity contribution in [3.8, 4) is 17.0 Å². The molecule has 1 saturated heterocycles. The minimum Gasteiger partial charge on any atom is -0.488 e. The first-order valence-electron chi connectivity index (χ1n) is 15.9. The van der Waals surface area contributed by atoms with E-state index < -0.39 is 5.97 Å². The molecular formula is C36H47N3O4. The van der Waals surface area contributed by atoms with Crippen LogP contribution >= 0.6 is 0 Å². The molecule has 0 spiro atoms. The smallest absolute Gasteiger partial charge is 0.306 e. The molecule has 0 bridgehead atoms. The molecule has 3 heterocycles. The van der Waals surface area contributed by atoms with Gasteiger partial charge in [-0.05, 0) is 98.4 Å². The van der Waals surface area contributed by atoms with E-state index in [1.165, 1.54) is 22.3 Å². The van der Waals surface area contributed by atoms with Gasteiger partial charge in [-0.25, -0.2) is 4.98 Å². The summed E-state index contributed by atoms with van der Waals surface area (Å²) in [6.45, 7) is 11.5. The topological polar surface area (TPSA) is 75.1 Å². The predicted octanol–water partition coefficient (Wildman–Crippen LogP) is 6.46. The van der Waals surface area contributed by atoms with Gasteiger partial charge in [0.1, 0.15) is 18.2 Å². The van der Waals surface area contributed by atoms with Crippen molar-refractivity contribution in [2.24, 2.45) is 5.92 Å². The SMILES string of the molecule is CCC(CCOC)N1CCc2cc(COc3c(C)cccc3-c3cccc(N4CCC(C(=O)O)CC4)n3)cc(C)c2CC1. The number of aryl methyl sites for hydroxylation is 2. The largest absolute Gasteiger partial charge is 0.488 e. The number of carbonyl (C=O) groups is 1. The molecule has 0 amide bonds. The molecule has 1 atom stereocenters. The lowest BCUT2D eigenvalue weighted by Crippen LogP contribution is -2.37. The highest BCUT2D eigenvalue weighted by molar-refractivity contribution is 5.71. The summed E-state index contributed by atoms with van der Waals surface area (Å²) in [5.74, 6) is 0.787. The molecule has 43 heavy (non-hydrogen) atoms. The average molecular weight is 586 g/mol. The molecule has 0 radical (unpaired) electrons. The maximum atomic E-state index is 11.4. The summed E-state index contributed by atoms with van der Waals surface area (Å²) in [5, 5.41) is 9.37. The minimum atomic E-state index is -0.697. The van der Waals surface area contributed by atoms with Crippen molar-refractivity contribution in [3.05, 3.63) is 76.3 Å². The van der Waals surface area contributed by atoms with Gasteiger partial charge in [0.25, 0.3) is 0 Å². The number of carboxylic acid groups (broad SMARTS) is 1. The Morgan fingerprint density at radius 2 is 1.79 bits per heavy atom. The van der Waals surface area contributed by atoms with Crippen molar-refractivity contribution in [1.29, 1.82) is 0 Å². The van der Waals surface area contributed by atoms with Crippen LogP contribution in [0.4, 0.5) is 5.82 Å². The van der Waals surface area contributed by atoms with Gasteiger partial charge in [0.15, 0.2) is 0 Å². The second kappa shape index (κ2) is 14.4. The Morgan fingerprint density at radius 1 is 1.02 bits per heavy atom. The van der Waals surface area contributed by atoms with Crippen LogP contribution in [0.5, 0.6) is 5.75 Å². The van der Waals surface area contributed by atoms with E-state index in [1.807, 2.05) is 18.2 Å². The van der Waals surface area contributed by atoms with Gasteiger partial charge >= 0.3 is 5.97 Å². The Hall–Kier alpha value is -3.42. The first-order valence-corrected chi connectivity index (χ1v) is 15.9. The van der Waals surface area contributed by atoms with E-state index in [9.17, 15) is 9.90 Å². The summed E-state index contributed by atoms with van der Waals surface area (Å²) in [5.41, 5.74) is 8.43. The monoisotopic (exact) mass is 585 g/mol. The van der Waals surface area contributed by atoms with E-state index in [4.69, 9.17) is 14.5 Å². The molecule has 2 aromatic carbocycles. The predicted molar refractivity (Wildman–Crippen MR) is 172 cm³/mol. The van der Waals surface area contributed by atoms with Crippen molar-refractivity contribution >= 4 is 11.8 Å².